The lowest BCUT2D eigenvalue weighted by atomic mass is 9.87. The summed E-state index contributed by atoms with van der Waals surface area (Å²) >= 11 is 0. The molecule has 0 atom stereocenters. The van der Waals surface area contributed by atoms with Crippen molar-refractivity contribution in [3.8, 4) is 0 Å². The predicted octanol–water partition coefficient (Wildman–Crippen LogP) is 2.78. The minimum absolute atomic E-state index is 0.277. The summed E-state index contributed by atoms with van der Waals surface area (Å²) < 4.78 is 0. The number of hydrogen-bond donors (Lipinski definition) is 1. The second kappa shape index (κ2) is 3.23. The fraction of sp³-hybridized carbons (Fsp3) is 0.308. The van der Waals surface area contributed by atoms with Gasteiger partial charge in [-0.1, -0.05) is 18.2 Å². The van der Waals surface area contributed by atoms with Crippen LogP contribution in [0, 0.1) is 6.92 Å². The Labute approximate surface area is 90.0 Å². The lowest BCUT2D eigenvalue weighted by Gasteiger charge is -2.33. The number of para-hydroxylation sites is 1. The topological polar surface area (TPSA) is 29.1 Å². The summed E-state index contributed by atoms with van der Waals surface area (Å²) in [6.07, 6.45) is 2.89. The Morgan fingerprint density at radius 2 is 2.07 bits per heavy atom. The van der Waals surface area contributed by atoms with Gasteiger partial charge in [0.15, 0.2) is 0 Å². The summed E-state index contributed by atoms with van der Waals surface area (Å²) in [5.41, 5.74) is 3.95. The Balaban J connectivity index is 2.61. The molecule has 0 fully saturated rings. The van der Waals surface area contributed by atoms with E-state index in [4.69, 9.17) is 0 Å². The number of anilines is 1. The average Bonchev–Trinajstić information content (AvgIpc) is 2.18. The first-order valence-corrected chi connectivity index (χ1v) is 5.10. The van der Waals surface area contributed by atoms with E-state index in [-0.39, 0.29) is 5.54 Å². The quantitative estimate of drug-likeness (QED) is 0.708. The highest BCUT2D eigenvalue weighted by molar-refractivity contribution is 5.91. The normalized spacial score (nSPS) is 17.4. The van der Waals surface area contributed by atoms with Crippen molar-refractivity contribution >= 4 is 18.0 Å². The first-order chi connectivity index (χ1) is 7.04. The zero-order valence-corrected chi connectivity index (χ0v) is 9.29. The number of rotatable bonds is 1. The van der Waals surface area contributed by atoms with Crippen molar-refractivity contribution in [3.63, 3.8) is 0 Å². The van der Waals surface area contributed by atoms with Crippen LogP contribution in [0.3, 0.4) is 0 Å². The van der Waals surface area contributed by atoms with E-state index in [0.717, 1.165) is 23.1 Å². The number of nitrogens with one attached hydrogen (secondary N) is 1. The van der Waals surface area contributed by atoms with Gasteiger partial charge in [-0.25, -0.2) is 0 Å². The van der Waals surface area contributed by atoms with Crippen molar-refractivity contribution in [1.29, 1.82) is 0 Å². The molecule has 0 radical (unpaired) electrons. The molecule has 2 heteroatoms. The molecule has 1 heterocycles. The van der Waals surface area contributed by atoms with E-state index in [1.165, 1.54) is 5.56 Å². The van der Waals surface area contributed by atoms with Gasteiger partial charge in [0.25, 0.3) is 0 Å². The number of hydrogen-bond acceptors (Lipinski definition) is 2. The lowest BCUT2D eigenvalue weighted by molar-refractivity contribution is -0.105. The van der Waals surface area contributed by atoms with Gasteiger partial charge in [-0.15, -0.1) is 0 Å². The third-order valence-electron chi connectivity index (χ3n) is 2.90. The molecule has 0 bridgehead atoms. The predicted molar refractivity (Wildman–Crippen MR) is 62.9 cm³/mol. The Morgan fingerprint density at radius 3 is 2.73 bits per heavy atom. The van der Waals surface area contributed by atoms with Crippen LogP contribution in [0.4, 0.5) is 5.69 Å². The number of benzene rings is 1. The van der Waals surface area contributed by atoms with Crippen LogP contribution in [0.1, 0.15) is 25.0 Å². The highest BCUT2D eigenvalue weighted by atomic mass is 16.1. The molecular weight excluding hydrogens is 186 g/mol. The van der Waals surface area contributed by atoms with E-state index in [1.54, 1.807) is 0 Å². The maximum Gasteiger partial charge on any atom is 0.148 e. The maximum atomic E-state index is 11.0. The molecule has 0 aromatic heterocycles. The van der Waals surface area contributed by atoms with Gasteiger partial charge in [-0.3, -0.25) is 4.79 Å². The molecule has 0 aliphatic carbocycles. The first kappa shape index (κ1) is 9.97. The molecule has 1 aromatic rings. The van der Waals surface area contributed by atoms with Gasteiger partial charge in [-0.05, 0) is 38.0 Å². The Bertz CT molecular complexity index is 444. The molecule has 1 aromatic carbocycles. The van der Waals surface area contributed by atoms with Gasteiger partial charge in [0.2, 0.25) is 0 Å². The fourth-order valence-electron chi connectivity index (χ4n) is 1.90. The Hall–Kier alpha value is -1.57. The van der Waals surface area contributed by atoms with Crippen molar-refractivity contribution < 1.29 is 4.79 Å². The SMILES string of the molecule is Cc1cccc2c1NC(C)(C)C(C=O)=C2. The minimum atomic E-state index is -0.277. The summed E-state index contributed by atoms with van der Waals surface area (Å²) in [6.45, 7) is 6.10. The van der Waals surface area contributed by atoms with Crippen LogP contribution < -0.4 is 5.32 Å². The third-order valence-corrected chi connectivity index (χ3v) is 2.90. The van der Waals surface area contributed by atoms with Crippen LogP contribution >= 0.6 is 0 Å². The lowest BCUT2D eigenvalue weighted by Crippen LogP contribution is -2.36. The molecule has 0 saturated heterocycles. The van der Waals surface area contributed by atoms with E-state index < -0.39 is 0 Å². The van der Waals surface area contributed by atoms with Crippen LogP contribution in [0.15, 0.2) is 23.8 Å². The van der Waals surface area contributed by atoms with Crippen LogP contribution in [0.25, 0.3) is 6.08 Å². The number of fused-ring (bicyclic) bond motifs is 1. The molecule has 0 saturated carbocycles. The van der Waals surface area contributed by atoms with Crippen molar-refractivity contribution in [1.82, 2.24) is 0 Å². The van der Waals surface area contributed by atoms with Gasteiger partial charge in [0.1, 0.15) is 6.29 Å². The number of aldehydes is 1. The summed E-state index contributed by atoms with van der Waals surface area (Å²) in [7, 11) is 0. The molecule has 1 aliphatic rings. The summed E-state index contributed by atoms with van der Waals surface area (Å²) in [4.78, 5) is 11.0. The highest BCUT2D eigenvalue weighted by Gasteiger charge is 2.27. The average molecular weight is 201 g/mol. The smallest absolute Gasteiger partial charge is 0.148 e. The van der Waals surface area contributed by atoms with E-state index in [1.807, 2.05) is 32.1 Å². The van der Waals surface area contributed by atoms with E-state index in [2.05, 4.69) is 18.3 Å². The molecule has 0 amide bonds. The zero-order valence-electron chi connectivity index (χ0n) is 9.29. The van der Waals surface area contributed by atoms with Crippen molar-refractivity contribution in [2.45, 2.75) is 26.3 Å². The van der Waals surface area contributed by atoms with E-state index >= 15 is 0 Å². The second-order valence-electron chi connectivity index (χ2n) is 4.51. The van der Waals surface area contributed by atoms with Crippen LogP contribution in [-0.2, 0) is 4.79 Å². The van der Waals surface area contributed by atoms with Crippen molar-refractivity contribution in [2.24, 2.45) is 0 Å². The minimum Gasteiger partial charge on any atom is -0.375 e. The Kier molecular flexibility index (Phi) is 2.14. The van der Waals surface area contributed by atoms with Crippen LogP contribution in [-0.4, -0.2) is 11.8 Å². The third kappa shape index (κ3) is 1.56. The molecule has 1 N–H and O–H groups in total. The molecule has 2 nitrogen and oxygen atoms in total. The molecular formula is C13H15NO. The zero-order chi connectivity index (χ0) is 11.1. The molecule has 2 rings (SSSR count). The van der Waals surface area contributed by atoms with E-state index in [9.17, 15) is 4.79 Å². The monoisotopic (exact) mass is 201 g/mol. The summed E-state index contributed by atoms with van der Waals surface area (Å²) in [5.74, 6) is 0. The molecule has 1 aliphatic heterocycles. The van der Waals surface area contributed by atoms with Crippen LogP contribution in [0.5, 0.6) is 0 Å². The van der Waals surface area contributed by atoms with E-state index in [0.29, 0.717) is 0 Å². The van der Waals surface area contributed by atoms with Gasteiger partial charge in [-0.2, -0.15) is 0 Å². The van der Waals surface area contributed by atoms with Gasteiger partial charge in [0, 0.05) is 11.3 Å². The fourth-order valence-corrected chi connectivity index (χ4v) is 1.90. The maximum absolute atomic E-state index is 11.0. The summed E-state index contributed by atoms with van der Waals surface area (Å²) in [5, 5.41) is 3.41. The largest absolute Gasteiger partial charge is 0.375 e. The second-order valence-corrected chi connectivity index (χ2v) is 4.51. The number of carbonyl (C=O) groups is 1. The first-order valence-electron chi connectivity index (χ1n) is 5.10. The van der Waals surface area contributed by atoms with Crippen molar-refractivity contribution in [2.75, 3.05) is 5.32 Å². The Morgan fingerprint density at radius 1 is 1.33 bits per heavy atom. The number of carbonyl (C=O) groups excluding carboxylic acids is 1. The number of aryl methyl sites for hydroxylation is 1. The summed E-state index contributed by atoms with van der Waals surface area (Å²) in [6, 6.07) is 6.10. The standard InChI is InChI=1S/C13H15NO/c1-9-5-4-6-10-7-11(8-15)13(2,3)14-12(9)10/h4-8,14H,1-3H3. The highest BCUT2D eigenvalue weighted by Crippen LogP contribution is 2.34. The van der Waals surface area contributed by atoms with Crippen molar-refractivity contribution in [3.05, 3.63) is 34.9 Å². The molecule has 15 heavy (non-hydrogen) atoms. The molecule has 78 valence electrons. The molecule has 0 unspecified atom stereocenters. The van der Waals surface area contributed by atoms with Crippen LogP contribution in [0.2, 0.25) is 0 Å². The van der Waals surface area contributed by atoms with Gasteiger partial charge >= 0.3 is 0 Å². The molecule has 0 spiro atoms. The van der Waals surface area contributed by atoms with Gasteiger partial charge in [0.05, 0.1) is 5.54 Å². The van der Waals surface area contributed by atoms with Gasteiger partial charge < -0.3 is 5.32 Å².